The first-order valence-electron chi connectivity index (χ1n) is 5.78. The van der Waals surface area contributed by atoms with Crippen molar-refractivity contribution in [3.05, 3.63) is 41.5 Å². The highest BCUT2D eigenvalue weighted by atomic mass is 32.2. The van der Waals surface area contributed by atoms with Crippen molar-refractivity contribution in [2.45, 2.75) is 18.2 Å². The summed E-state index contributed by atoms with van der Waals surface area (Å²) in [5.41, 5.74) is 2.19. The molecule has 0 bridgehead atoms. The molecule has 0 N–H and O–H groups in total. The Morgan fingerprint density at radius 2 is 2.06 bits per heavy atom. The van der Waals surface area contributed by atoms with E-state index in [1.54, 1.807) is 11.8 Å². The molecule has 2 aromatic rings. The van der Waals surface area contributed by atoms with Crippen LogP contribution in [0.3, 0.4) is 0 Å². The zero-order valence-electron chi connectivity index (χ0n) is 10.8. The van der Waals surface area contributed by atoms with E-state index in [1.165, 1.54) is 22.8 Å². The van der Waals surface area contributed by atoms with Crippen molar-refractivity contribution < 1.29 is 9.53 Å². The monoisotopic (exact) mass is 260 g/mol. The summed E-state index contributed by atoms with van der Waals surface area (Å²) in [6.07, 6.45) is 2.40. The Labute approximate surface area is 111 Å². The fraction of sp³-hybridized carbons (Fsp3) is 0.267. The zero-order chi connectivity index (χ0) is 13.1. The molecule has 0 heterocycles. The Kier molecular flexibility index (Phi) is 3.92. The van der Waals surface area contributed by atoms with Gasteiger partial charge in [0.15, 0.2) is 0 Å². The number of methoxy groups -OCH3 is 1. The van der Waals surface area contributed by atoms with Gasteiger partial charge in [-0.05, 0) is 47.2 Å². The Balaban J connectivity index is 2.47. The van der Waals surface area contributed by atoms with Crippen molar-refractivity contribution in [3.8, 4) is 0 Å². The molecule has 3 heteroatoms. The summed E-state index contributed by atoms with van der Waals surface area (Å²) in [5, 5.41) is 2.42. The number of aryl methyl sites for hydroxylation is 1. The Bertz CT molecular complexity index is 590. The maximum absolute atomic E-state index is 11.3. The molecule has 0 aliphatic heterocycles. The molecule has 2 aromatic carbocycles. The van der Waals surface area contributed by atoms with Gasteiger partial charge in [0.25, 0.3) is 0 Å². The van der Waals surface area contributed by atoms with Gasteiger partial charge >= 0.3 is 5.97 Å². The van der Waals surface area contributed by atoms with Gasteiger partial charge in [0.05, 0.1) is 13.5 Å². The third-order valence-corrected chi connectivity index (χ3v) is 3.90. The van der Waals surface area contributed by atoms with Gasteiger partial charge in [-0.3, -0.25) is 4.79 Å². The van der Waals surface area contributed by atoms with E-state index < -0.39 is 0 Å². The lowest BCUT2D eigenvalue weighted by Crippen LogP contribution is -2.05. The third-order valence-electron chi connectivity index (χ3n) is 3.17. The van der Waals surface area contributed by atoms with Crippen LogP contribution in [0.4, 0.5) is 0 Å². The number of ether oxygens (including phenoxy) is 1. The molecular formula is C15H16O2S. The molecule has 94 valence electrons. The maximum Gasteiger partial charge on any atom is 0.309 e. The maximum atomic E-state index is 11.3. The van der Waals surface area contributed by atoms with Crippen LogP contribution in [-0.4, -0.2) is 19.3 Å². The van der Waals surface area contributed by atoms with E-state index in [4.69, 9.17) is 4.74 Å². The van der Waals surface area contributed by atoms with Crippen LogP contribution >= 0.6 is 11.8 Å². The van der Waals surface area contributed by atoms with E-state index in [0.717, 1.165) is 11.1 Å². The molecule has 0 fully saturated rings. The minimum atomic E-state index is -0.196. The molecule has 0 aromatic heterocycles. The van der Waals surface area contributed by atoms with Crippen molar-refractivity contribution in [1.29, 1.82) is 0 Å². The first-order valence-corrected chi connectivity index (χ1v) is 7.01. The SMILES string of the molecule is COC(=O)Cc1ccc2cc(SC)ccc2c1C. The Hall–Kier alpha value is -1.48. The number of esters is 1. The van der Waals surface area contributed by atoms with Crippen molar-refractivity contribution in [3.63, 3.8) is 0 Å². The Morgan fingerprint density at radius 3 is 2.72 bits per heavy atom. The third kappa shape index (κ3) is 2.51. The van der Waals surface area contributed by atoms with Crippen LogP contribution in [0.1, 0.15) is 11.1 Å². The number of hydrogen-bond acceptors (Lipinski definition) is 3. The average molecular weight is 260 g/mol. The number of fused-ring (bicyclic) bond motifs is 1. The second-order valence-electron chi connectivity index (χ2n) is 4.19. The van der Waals surface area contributed by atoms with Gasteiger partial charge in [0, 0.05) is 4.90 Å². The summed E-state index contributed by atoms with van der Waals surface area (Å²) in [5.74, 6) is -0.196. The van der Waals surface area contributed by atoms with E-state index in [1.807, 2.05) is 6.07 Å². The quantitative estimate of drug-likeness (QED) is 0.623. The van der Waals surface area contributed by atoms with Crippen LogP contribution in [0, 0.1) is 6.92 Å². The van der Waals surface area contributed by atoms with Crippen molar-refractivity contribution in [1.82, 2.24) is 0 Å². The predicted molar refractivity (Wildman–Crippen MR) is 76.2 cm³/mol. The molecule has 0 saturated heterocycles. The summed E-state index contributed by atoms with van der Waals surface area (Å²) < 4.78 is 4.72. The summed E-state index contributed by atoms with van der Waals surface area (Å²) >= 11 is 1.73. The first-order chi connectivity index (χ1) is 8.65. The summed E-state index contributed by atoms with van der Waals surface area (Å²) in [7, 11) is 1.42. The fourth-order valence-corrected chi connectivity index (χ4v) is 2.50. The zero-order valence-corrected chi connectivity index (χ0v) is 11.6. The molecule has 0 radical (unpaired) electrons. The van der Waals surface area contributed by atoms with Gasteiger partial charge in [-0.1, -0.05) is 18.2 Å². The lowest BCUT2D eigenvalue weighted by atomic mass is 9.98. The lowest BCUT2D eigenvalue weighted by Gasteiger charge is -2.09. The standard InChI is InChI=1S/C15H16O2S/c1-10-11(9-15(16)17-2)4-5-12-8-13(18-3)6-7-14(10)12/h4-8H,9H2,1-3H3. The number of hydrogen-bond donors (Lipinski definition) is 0. The first kappa shape index (κ1) is 13.0. The van der Waals surface area contributed by atoms with Crippen LogP contribution in [0.25, 0.3) is 10.8 Å². The van der Waals surface area contributed by atoms with Gasteiger partial charge in [0.1, 0.15) is 0 Å². The highest BCUT2D eigenvalue weighted by Gasteiger charge is 2.08. The molecule has 0 saturated carbocycles. The van der Waals surface area contributed by atoms with Gasteiger partial charge in [-0.15, -0.1) is 11.8 Å². The summed E-state index contributed by atoms with van der Waals surface area (Å²) in [4.78, 5) is 12.6. The van der Waals surface area contributed by atoms with E-state index in [-0.39, 0.29) is 5.97 Å². The van der Waals surface area contributed by atoms with Crippen molar-refractivity contribution >= 4 is 28.5 Å². The molecule has 0 atom stereocenters. The number of benzene rings is 2. The van der Waals surface area contributed by atoms with Gasteiger partial charge < -0.3 is 4.74 Å². The molecule has 2 rings (SSSR count). The van der Waals surface area contributed by atoms with Crippen LogP contribution < -0.4 is 0 Å². The molecule has 0 spiro atoms. The van der Waals surface area contributed by atoms with Crippen LogP contribution in [0.2, 0.25) is 0 Å². The largest absolute Gasteiger partial charge is 0.469 e. The molecule has 0 amide bonds. The predicted octanol–water partition coefficient (Wildman–Crippen LogP) is 3.59. The van der Waals surface area contributed by atoms with E-state index in [0.29, 0.717) is 6.42 Å². The summed E-state index contributed by atoms with van der Waals surface area (Å²) in [6.45, 7) is 2.05. The van der Waals surface area contributed by atoms with Crippen LogP contribution in [-0.2, 0) is 16.0 Å². The van der Waals surface area contributed by atoms with Gasteiger partial charge in [-0.2, -0.15) is 0 Å². The molecule has 18 heavy (non-hydrogen) atoms. The highest BCUT2D eigenvalue weighted by Crippen LogP contribution is 2.26. The molecule has 0 unspecified atom stereocenters. The van der Waals surface area contributed by atoms with Crippen molar-refractivity contribution in [2.75, 3.05) is 13.4 Å². The Morgan fingerprint density at radius 1 is 1.28 bits per heavy atom. The number of carbonyl (C=O) groups excluding carboxylic acids is 1. The average Bonchev–Trinajstić information content (AvgIpc) is 2.41. The number of rotatable bonds is 3. The van der Waals surface area contributed by atoms with Crippen LogP contribution in [0.15, 0.2) is 35.2 Å². The molecule has 0 aliphatic rings. The second-order valence-corrected chi connectivity index (χ2v) is 5.07. The second kappa shape index (κ2) is 5.44. The number of carbonyl (C=O) groups is 1. The van der Waals surface area contributed by atoms with E-state index in [2.05, 4.69) is 37.4 Å². The van der Waals surface area contributed by atoms with Crippen molar-refractivity contribution in [2.24, 2.45) is 0 Å². The highest BCUT2D eigenvalue weighted by molar-refractivity contribution is 7.98. The molecule has 2 nitrogen and oxygen atoms in total. The number of thioether (sulfide) groups is 1. The van der Waals surface area contributed by atoms with E-state index in [9.17, 15) is 4.79 Å². The molecular weight excluding hydrogens is 244 g/mol. The lowest BCUT2D eigenvalue weighted by molar-refractivity contribution is -0.139. The minimum Gasteiger partial charge on any atom is -0.469 e. The smallest absolute Gasteiger partial charge is 0.309 e. The topological polar surface area (TPSA) is 26.3 Å². The van der Waals surface area contributed by atoms with Gasteiger partial charge in [-0.25, -0.2) is 0 Å². The van der Waals surface area contributed by atoms with Crippen LogP contribution in [0.5, 0.6) is 0 Å². The molecule has 0 aliphatic carbocycles. The minimum absolute atomic E-state index is 0.196. The van der Waals surface area contributed by atoms with Gasteiger partial charge in [0.2, 0.25) is 0 Å². The van der Waals surface area contributed by atoms with E-state index >= 15 is 0 Å². The fourth-order valence-electron chi connectivity index (χ4n) is 2.05. The normalized spacial score (nSPS) is 10.6. The summed E-state index contributed by atoms with van der Waals surface area (Å²) in [6, 6.07) is 10.5.